The maximum Gasteiger partial charge on any atom is 0.146 e. The summed E-state index contributed by atoms with van der Waals surface area (Å²) in [6.07, 6.45) is 3.75. The molecule has 4 heteroatoms. The fourth-order valence-corrected chi connectivity index (χ4v) is 3.58. The first-order valence-corrected chi connectivity index (χ1v) is 7.70. The van der Waals surface area contributed by atoms with Gasteiger partial charge in [-0.05, 0) is 50.9 Å². The molecule has 0 bridgehead atoms. The van der Waals surface area contributed by atoms with Crippen LogP contribution in [0, 0.1) is 5.82 Å². The van der Waals surface area contributed by atoms with E-state index in [0.717, 1.165) is 30.8 Å². The number of rotatable bonds is 3. The van der Waals surface area contributed by atoms with Gasteiger partial charge in [0.15, 0.2) is 0 Å². The second-order valence-electron chi connectivity index (χ2n) is 6.10. The van der Waals surface area contributed by atoms with E-state index in [9.17, 15) is 4.39 Å². The topological polar surface area (TPSA) is 32.5 Å². The number of likely N-dealkylation sites (tertiary alicyclic amines) is 1. The maximum absolute atomic E-state index is 14.3. The van der Waals surface area contributed by atoms with E-state index in [1.54, 1.807) is 12.1 Å². The largest absolute Gasteiger partial charge is 0.367 e. The Kier molecular flexibility index (Phi) is 3.94. The van der Waals surface area contributed by atoms with Crippen molar-refractivity contribution in [1.29, 1.82) is 0 Å². The van der Waals surface area contributed by atoms with Gasteiger partial charge in [0.05, 0.1) is 5.69 Å². The minimum atomic E-state index is -0.137. The predicted octanol–water partition coefficient (Wildman–Crippen LogP) is 2.52. The van der Waals surface area contributed by atoms with Crippen LogP contribution in [0.2, 0.25) is 0 Å². The molecule has 2 heterocycles. The van der Waals surface area contributed by atoms with Crippen LogP contribution >= 0.6 is 0 Å². The summed E-state index contributed by atoms with van der Waals surface area (Å²) in [4.78, 5) is 4.75. The van der Waals surface area contributed by atoms with E-state index < -0.39 is 0 Å². The Morgan fingerprint density at radius 3 is 2.70 bits per heavy atom. The number of hydrogen-bond acceptors (Lipinski definition) is 3. The van der Waals surface area contributed by atoms with E-state index in [-0.39, 0.29) is 11.9 Å². The van der Waals surface area contributed by atoms with Gasteiger partial charge in [-0.3, -0.25) is 4.90 Å². The van der Waals surface area contributed by atoms with Crippen molar-refractivity contribution in [2.75, 3.05) is 31.1 Å². The monoisotopic (exact) mass is 277 g/mol. The summed E-state index contributed by atoms with van der Waals surface area (Å²) in [5.74, 6) is -0.137. The zero-order valence-electron chi connectivity index (χ0n) is 12.2. The van der Waals surface area contributed by atoms with Crippen molar-refractivity contribution in [2.45, 2.75) is 38.3 Å². The molecule has 0 radical (unpaired) electrons. The molecule has 0 saturated carbocycles. The number of nitrogens with zero attached hydrogens (tertiary/aromatic N) is 2. The molecule has 2 N–H and O–H groups in total. The summed E-state index contributed by atoms with van der Waals surface area (Å²) in [5.41, 5.74) is 7.65. The zero-order chi connectivity index (χ0) is 14.1. The number of halogens is 1. The van der Waals surface area contributed by atoms with E-state index in [0.29, 0.717) is 6.04 Å². The molecule has 3 rings (SSSR count). The van der Waals surface area contributed by atoms with Gasteiger partial charge in [0.25, 0.3) is 0 Å². The molecule has 0 aromatic heterocycles. The average Bonchev–Trinajstić information content (AvgIpc) is 3.09. The zero-order valence-corrected chi connectivity index (χ0v) is 12.2. The van der Waals surface area contributed by atoms with E-state index in [2.05, 4.69) is 9.80 Å². The normalized spacial score (nSPS) is 25.4. The van der Waals surface area contributed by atoms with Crippen LogP contribution < -0.4 is 10.6 Å². The molecule has 2 saturated heterocycles. The number of benzene rings is 1. The maximum atomic E-state index is 14.3. The van der Waals surface area contributed by atoms with Crippen molar-refractivity contribution in [1.82, 2.24) is 4.90 Å². The van der Waals surface area contributed by atoms with Crippen LogP contribution in [0.4, 0.5) is 10.1 Å². The summed E-state index contributed by atoms with van der Waals surface area (Å²) in [5, 5.41) is 0. The van der Waals surface area contributed by atoms with Crippen LogP contribution in [0.3, 0.4) is 0 Å². The molecule has 2 unspecified atom stereocenters. The highest BCUT2D eigenvalue weighted by molar-refractivity contribution is 5.57. The first-order valence-electron chi connectivity index (χ1n) is 7.70. The predicted molar refractivity (Wildman–Crippen MR) is 80.4 cm³/mol. The summed E-state index contributed by atoms with van der Waals surface area (Å²) in [7, 11) is 0. The molecule has 1 aromatic rings. The van der Waals surface area contributed by atoms with Crippen LogP contribution in [0.5, 0.6) is 0 Å². The fourth-order valence-electron chi connectivity index (χ4n) is 3.58. The molecular formula is C16H24FN3. The Hall–Kier alpha value is -1.13. The Labute approximate surface area is 120 Å². The van der Waals surface area contributed by atoms with Crippen molar-refractivity contribution in [3.05, 3.63) is 29.6 Å². The van der Waals surface area contributed by atoms with Gasteiger partial charge in [0.1, 0.15) is 5.82 Å². The van der Waals surface area contributed by atoms with Gasteiger partial charge >= 0.3 is 0 Å². The Balaban J connectivity index is 1.80. The smallest absolute Gasteiger partial charge is 0.146 e. The van der Waals surface area contributed by atoms with Gasteiger partial charge in [0.2, 0.25) is 0 Å². The molecule has 1 aromatic carbocycles. The number of hydrogen-bond donors (Lipinski definition) is 1. The lowest BCUT2D eigenvalue weighted by Gasteiger charge is -2.26. The number of para-hydroxylation sites is 1. The minimum Gasteiger partial charge on any atom is -0.367 e. The molecule has 2 fully saturated rings. The fraction of sp³-hybridized carbons (Fsp3) is 0.625. The Morgan fingerprint density at radius 2 is 2.00 bits per heavy atom. The van der Waals surface area contributed by atoms with Crippen molar-refractivity contribution in [3.63, 3.8) is 0 Å². The van der Waals surface area contributed by atoms with Gasteiger partial charge in [-0.15, -0.1) is 0 Å². The lowest BCUT2D eigenvalue weighted by Crippen LogP contribution is -2.35. The summed E-state index contributed by atoms with van der Waals surface area (Å²) in [6, 6.07) is 5.70. The van der Waals surface area contributed by atoms with Gasteiger partial charge in [-0.25, -0.2) is 4.39 Å². The standard InChI is InChI=1S/C16H24FN3/c1-12(18)14-5-4-6-15(17)16(14)20-10-7-13(11-20)19-8-2-3-9-19/h4-6,12-13H,2-3,7-11,18H2,1H3. The van der Waals surface area contributed by atoms with Gasteiger partial charge < -0.3 is 10.6 Å². The van der Waals surface area contributed by atoms with Crippen molar-refractivity contribution in [3.8, 4) is 0 Å². The third kappa shape index (κ3) is 2.54. The molecule has 2 aliphatic heterocycles. The van der Waals surface area contributed by atoms with Crippen molar-refractivity contribution in [2.24, 2.45) is 5.73 Å². The lowest BCUT2D eigenvalue weighted by molar-refractivity contribution is 0.260. The molecule has 2 atom stereocenters. The van der Waals surface area contributed by atoms with Gasteiger partial charge in [-0.1, -0.05) is 12.1 Å². The molecular weight excluding hydrogens is 253 g/mol. The van der Waals surface area contributed by atoms with Crippen LogP contribution in [0.15, 0.2) is 18.2 Å². The van der Waals surface area contributed by atoms with E-state index in [1.165, 1.54) is 25.9 Å². The third-order valence-corrected chi connectivity index (χ3v) is 4.65. The highest BCUT2D eigenvalue weighted by Gasteiger charge is 2.31. The van der Waals surface area contributed by atoms with Crippen LogP contribution in [-0.2, 0) is 0 Å². The molecule has 0 aliphatic carbocycles. The SMILES string of the molecule is CC(N)c1cccc(F)c1N1CCC(N2CCCC2)C1. The second kappa shape index (κ2) is 5.70. The van der Waals surface area contributed by atoms with Crippen LogP contribution in [-0.4, -0.2) is 37.1 Å². The molecule has 0 amide bonds. The van der Waals surface area contributed by atoms with Crippen LogP contribution in [0.25, 0.3) is 0 Å². The van der Waals surface area contributed by atoms with E-state index in [1.807, 2.05) is 13.0 Å². The molecule has 0 spiro atoms. The Morgan fingerprint density at radius 1 is 1.25 bits per heavy atom. The van der Waals surface area contributed by atoms with Crippen LogP contribution in [0.1, 0.15) is 37.8 Å². The highest BCUT2D eigenvalue weighted by atomic mass is 19.1. The van der Waals surface area contributed by atoms with E-state index in [4.69, 9.17) is 5.73 Å². The quantitative estimate of drug-likeness (QED) is 0.921. The third-order valence-electron chi connectivity index (χ3n) is 4.65. The van der Waals surface area contributed by atoms with Crippen molar-refractivity contribution < 1.29 is 4.39 Å². The van der Waals surface area contributed by atoms with Gasteiger partial charge in [-0.2, -0.15) is 0 Å². The van der Waals surface area contributed by atoms with E-state index >= 15 is 0 Å². The molecule has 2 aliphatic rings. The number of nitrogens with two attached hydrogens (primary N) is 1. The Bertz CT molecular complexity index is 469. The summed E-state index contributed by atoms with van der Waals surface area (Å²) >= 11 is 0. The molecule has 20 heavy (non-hydrogen) atoms. The first kappa shape index (κ1) is 13.8. The summed E-state index contributed by atoms with van der Waals surface area (Å²) in [6.45, 7) is 6.20. The summed E-state index contributed by atoms with van der Waals surface area (Å²) < 4.78 is 14.3. The van der Waals surface area contributed by atoms with Gasteiger partial charge in [0, 0.05) is 25.2 Å². The first-order chi connectivity index (χ1) is 9.66. The lowest BCUT2D eigenvalue weighted by atomic mass is 10.1. The average molecular weight is 277 g/mol. The number of anilines is 1. The second-order valence-corrected chi connectivity index (χ2v) is 6.10. The minimum absolute atomic E-state index is 0.133. The molecule has 3 nitrogen and oxygen atoms in total. The van der Waals surface area contributed by atoms with Crippen molar-refractivity contribution >= 4 is 5.69 Å². The highest BCUT2D eigenvalue weighted by Crippen LogP contribution is 2.32. The molecule has 110 valence electrons.